The summed E-state index contributed by atoms with van der Waals surface area (Å²) in [5.41, 5.74) is 3.26. The van der Waals surface area contributed by atoms with Crippen LogP contribution in [0.3, 0.4) is 0 Å². The zero-order valence-electron chi connectivity index (χ0n) is 13.4. The van der Waals surface area contributed by atoms with E-state index in [0.29, 0.717) is 5.92 Å². The summed E-state index contributed by atoms with van der Waals surface area (Å²) in [6.07, 6.45) is 14.1. The Balaban J connectivity index is 1.75. The topological polar surface area (TPSA) is 20.2 Å². The second-order valence-corrected chi connectivity index (χ2v) is 8.36. The van der Waals surface area contributed by atoms with Crippen LogP contribution in [0.2, 0.25) is 0 Å². The highest BCUT2D eigenvalue weighted by molar-refractivity contribution is 5.44. The quantitative estimate of drug-likeness (QED) is 0.642. The van der Waals surface area contributed by atoms with Crippen molar-refractivity contribution in [3.05, 3.63) is 36.0 Å². The van der Waals surface area contributed by atoms with Crippen LogP contribution in [-0.4, -0.2) is 11.2 Å². The van der Waals surface area contributed by atoms with Crippen molar-refractivity contribution in [1.82, 2.24) is 0 Å². The molecule has 0 amide bonds. The minimum Gasteiger partial charge on any atom is -0.393 e. The van der Waals surface area contributed by atoms with Crippen LogP contribution in [0.5, 0.6) is 0 Å². The molecule has 4 aliphatic rings. The van der Waals surface area contributed by atoms with Gasteiger partial charge in [0.25, 0.3) is 0 Å². The number of aliphatic hydroxyl groups is 1. The van der Waals surface area contributed by atoms with Crippen molar-refractivity contribution < 1.29 is 5.11 Å². The Morgan fingerprint density at radius 1 is 1.19 bits per heavy atom. The molecular weight excluding hydrogens is 256 g/mol. The number of hydrogen-bond donors (Lipinski definition) is 1. The lowest BCUT2D eigenvalue weighted by atomic mass is 9.47. The number of fused-ring (bicyclic) bond motifs is 5. The third-order valence-corrected chi connectivity index (χ3v) is 7.52. The standard InChI is InChI=1S/C20H28O/c1-13-12-14-16-7-8-18(21)20(16,3)11-9-17(14)19(2)10-5-4-6-15(13)19/h5-6,10,14,16-18,21H,1,4,7-9,11-12H2,2-3H3/t14-,16-,17-,18-,19-,20-/m0/s1. The van der Waals surface area contributed by atoms with Crippen molar-refractivity contribution in [2.45, 2.75) is 58.5 Å². The molecule has 3 saturated carbocycles. The molecule has 6 atom stereocenters. The van der Waals surface area contributed by atoms with E-state index >= 15 is 0 Å². The molecule has 1 nitrogen and oxygen atoms in total. The highest BCUT2D eigenvalue weighted by Gasteiger charge is 2.58. The van der Waals surface area contributed by atoms with Crippen LogP contribution < -0.4 is 0 Å². The lowest BCUT2D eigenvalue weighted by Crippen LogP contribution is -2.50. The SMILES string of the molecule is C=C1C[C@H]2[C@@H]3CC[C@H](O)[C@@]3(C)CC[C@@H]2[C@@]2(C)C=CCC=C12. The summed E-state index contributed by atoms with van der Waals surface area (Å²) in [6.45, 7) is 9.21. The van der Waals surface area contributed by atoms with E-state index in [1.54, 1.807) is 0 Å². The maximum atomic E-state index is 10.5. The molecule has 0 radical (unpaired) electrons. The number of aliphatic hydroxyl groups excluding tert-OH is 1. The first-order chi connectivity index (χ1) is 9.97. The second kappa shape index (κ2) is 4.35. The van der Waals surface area contributed by atoms with Gasteiger partial charge in [-0.15, -0.1) is 0 Å². The van der Waals surface area contributed by atoms with Crippen LogP contribution in [0.4, 0.5) is 0 Å². The molecule has 114 valence electrons. The van der Waals surface area contributed by atoms with E-state index < -0.39 is 0 Å². The highest BCUT2D eigenvalue weighted by atomic mass is 16.3. The predicted octanol–water partition coefficient (Wildman–Crippen LogP) is 4.64. The third kappa shape index (κ3) is 1.67. The molecule has 0 aromatic heterocycles. The van der Waals surface area contributed by atoms with Gasteiger partial charge in [-0.05, 0) is 67.3 Å². The number of allylic oxidation sites excluding steroid dienone is 5. The molecule has 21 heavy (non-hydrogen) atoms. The van der Waals surface area contributed by atoms with Gasteiger partial charge in [-0.2, -0.15) is 0 Å². The minimum atomic E-state index is -0.0802. The molecule has 3 fully saturated rings. The van der Waals surface area contributed by atoms with E-state index in [1.807, 2.05) is 0 Å². The summed E-state index contributed by atoms with van der Waals surface area (Å²) in [7, 11) is 0. The Bertz CT molecular complexity index is 542. The second-order valence-electron chi connectivity index (χ2n) is 8.36. The number of rotatable bonds is 0. The molecule has 1 N–H and O–H groups in total. The van der Waals surface area contributed by atoms with Gasteiger partial charge >= 0.3 is 0 Å². The van der Waals surface area contributed by atoms with Crippen LogP contribution in [-0.2, 0) is 0 Å². The van der Waals surface area contributed by atoms with Gasteiger partial charge in [-0.3, -0.25) is 0 Å². The normalized spacial score (nSPS) is 52.0. The molecule has 0 aliphatic heterocycles. The molecule has 4 aliphatic carbocycles. The van der Waals surface area contributed by atoms with Gasteiger partial charge in [0.2, 0.25) is 0 Å². The zero-order valence-corrected chi connectivity index (χ0v) is 13.4. The largest absolute Gasteiger partial charge is 0.393 e. The minimum absolute atomic E-state index is 0.0802. The summed E-state index contributed by atoms with van der Waals surface area (Å²) in [5.74, 6) is 2.16. The molecule has 1 heteroatoms. The molecule has 0 unspecified atom stereocenters. The van der Waals surface area contributed by atoms with Crippen molar-refractivity contribution >= 4 is 0 Å². The average Bonchev–Trinajstić information content (AvgIpc) is 2.75. The van der Waals surface area contributed by atoms with Crippen molar-refractivity contribution in [3.63, 3.8) is 0 Å². The fourth-order valence-electron chi connectivity index (χ4n) is 6.34. The van der Waals surface area contributed by atoms with Crippen LogP contribution >= 0.6 is 0 Å². The van der Waals surface area contributed by atoms with E-state index in [0.717, 1.165) is 31.1 Å². The molecule has 0 aromatic rings. The first kappa shape index (κ1) is 13.8. The Labute approximate surface area is 128 Å². The van der Waals surface area contributed by atoms with Gasteiger partial charge in [0.05, 0.1) is 6.10 Å². The molecule has 0 bridgehead atoms. The summed E-state index contributed by atoms with van der Waals surface area (Å²) >= 11 is 0. The van der Waals surface area contributed by atoms with Gasteiger partial charge in [-0.25, -0.2) is 0 Å². The van der Waals surface area contributed by atoms with Crippen LogP contribution in [0, 0.1) is 28.6 Å². The fraction of sp³-hybridized carbons (Fsp3) is 0.700. The van der Waals surface area contributed by atoms with Gasteiger partial charge in [0.1, 0.15) is 0 Å². The fourth-order valence-corrected chi connectivity index (χ4v) is 6.34. The molecular formula is C20H28O. The summed E-state index contributed by atoms with van der Waals surface area (Å²) < 4.78 is 0. The first-order valence-electron chi connectivity index (χ1n) is 8.71. The Morgan fingerprint density at radius 3 is 2.81 bits per heavy atom. The summed E-state index contributed by atoms with van der Waals surface area (Å²) in [6, 6.07) is 0. The number of hydrogen-bond acceptors (Lipinski definition) is 1. The van der Waals surface area contributed by atoms with Gasteiger partial charge in [0.15, 0.2) is 0 Å². The van der Waals surface area contributed by atoms with E-state index in [9.17, 15) is 5.11 Å². The van der Waals surface area contributed by atoms with Crippen molar-refractivity contribution in [1.29, 1.82) is 0 Å². The smallest absolute Gasteiger partial charge is 0.0596 e. The maximum Gasteiger partial charge on any atom is 0.0596 e. The average molecular weight is 284 g/mol. The van der Waals surface area contributed by atoms with Crippen LogP contribution in [0.1, 0.15) is 52.4 Å². The molecule has 4 rings (SSSR count). The van der Waals surface area contributed by atoms with E-state index in [-0.39, 0.29) is 16.9 Å². The molecule has 0 heterocycles. The molecule has 0 saturated heterocycles. The Hall–Kier alpha value is -0.820. The first-order valence-corrected chi connectivity index (χ1v) is 8.71. The van der Waals surface area contributed by atoms with Crippen molar-refractivity contribution in [2.24, 2.45) is 28.6 Å². The van der Waals surface area contributed by atoms with E-state index in [1.165, 1.54) is 30.4 Å². The van der Waals surface area contributed by atoms with Crippen molar-refractivity contribution in [2.75, 3.05) is 0 Å². The Kier molecular flexibility index (Phi) is 2.86. The lowest BCUT2D eigenvalue weighted by Gasteiger charge is -2.57. The van der Waals surface area contributed by atoms with Crippen LogP contribution in [0.25, 0.3) is 0 Å². The van der Waals surface area contributed by atoms with Gasteiger partial charge in [0, 0.05) is 5.41 Å². The highest BCUT2D eigenvalue weighted by Crippen LogP contribution is 2.65. The third-order valence-electron chi connectivity index (χ3n) is 7.52. The van der Waals surface area contributed by atoms with E-state index in [4.69, 9.17) is 0 Å². The summed E-state index contributed by atoms with van der Waals surface area (Å²) in [5, 5.41) is 10.5. The van der Waals surface area contributed by atoms with Crippen LogP contribution in [0.15, 0.2) is 36.0 Å². The Morgan fingerprint density at radius 2 is 2.00 bits per heavy atom. The van der Waals surface area contributed by atoms with E-state index in [2.05, 4.69) is 38.7 Å². The van der Waals surface area contributed by atoms with Gasteiger partial charge < -0.3 is 5.11 Å². The summed E-state index contributed by atoms with van der Waals surface area (Å²) in [4.78, 5) is 0. The molecule has 0 spiro atoms. The zero-order chi connectivity index (χ0) is 14.8. The lowest BCUT2D eigenvalue weighted by molar-refractivity contribution is -0.0553. The molecule has 0 aromatic carbocycles. The monoisotopic (exact) mass is 284 g/mol. The maximum absolute atomic E-state index is 10.5. The predicted molar refractivity (Wildman–Crippen MR) is 86.8 cm³/mol. The van der Waals surface area contributed by atoms with Crippen molar-refractivity contribution in [3.8, 4) is 0 Å². The van der Waals surface area contributed by atoms with Gasteiger partial charge in [-0.1, -0.05) is 44.2 Å².